The first kappa shape index (κ1) is 13.7. The molecule has 0 atom stereocenters. The number of aryl methyl sites for hydroxylation is 2. The third-order valence-corrected chi connectivity index (χ3v) is 3.10. The standard InChI is InChI=1S/C13H14N4O3/c1-8-7-12(15-16(8)3)14-13(18)10-5-4-6-11(9(10)2)17(19)20/h4-7H,1-3H3,(H,14,15,18). The molecule has 7 nitrogen and oxygen atoms in total. The van der Waals surface area contributed by atoms with Gasteiger partial charge in [0.15, 0.2) is 5.82 Å². The van der Waals surface area contributed by atoms with E-state index in [9.17, 15) is 14.9 Å². The molecule has 104 valence electrons. The number of benzene rings is 1. The molecule has 0 aliphatic heterocycles. The molecule has 20 heavy (non-hydrogen) atoms. The van der Waals surface area contributed by atoms with E-state index < -0.39 is 10.8 Å². The van der Waals surface area contributed by atoms with Gasteiger partial charge in [0.25, 0.3) is 11.6 Å². The van der Waals surface area contributed by atoms with Gasteiger partial charge in [0.2, 0.25) is 0 Å². The van der Waals surface area contributed by atoms with Crippen molar-refractivity contribution in [3.05, 3.63) is 51.2 Å². The Hall–Kier alpha value is -2.70. The second-order valence-corrected chi connectivity index (χ2v) is 4.46. The lowest BCUT2D eigenvalue weighted by Gasteiger charge is -2.05. The number of carbonyl (C=O) groups excluding carboxylic acids is 1. The van der Waals surface area contributed by atoms with Crippen molar-refractivity contribution >= 4 is 17.4 Å². The Kier molecular flexibility index (Phi) is 3.51. The molecule has 0 spiro atoms. The molecule has 0 bridgehead atoms. The summed E-state index contributed by atoms with van der Waals surface area (Å²) in [6, 6.07) is 6.14. The summed E-state index contributed by atoms with van der Waals surface area (Å²) >= 11 is 0. The highest BCUT2D eigenvalue weighted by Crippen LogP contribution is 2.22. The molecule has 1 aromatic carbocycles. The number of amides is 1. The minimum Gasteiger partial charge on any atom is -0.305 e. The Morgan fingerprint density at radius 2 is 2.10 bits per heavy atom. The van der Waals surface area contributed by atoms with Gasteiger partial charge in [0.05, 0.1) is 4.92 Å². The molecule has 0 aliphatic carbocycles. The summed E-state index contributed by atoms with van der Waals surface area (Å²) in [5.41, 5.74) is 1.43. The Labute approximate surface area is 115 Å². The van der Waals surface area contributed by atoms with Gasteiger partial charge < -0.3 is 5.32 Å². The summed E-state index contributed by atoms with van der Waals surface area (Å²) in [4.78, 5) is 22.5. The lowest BCUT2D eigenvalue weighted by molar-refractivity contribution is -0.385. The van der Waals surface area contributed by atoms with Gasteiger partial charge in [-0.25, -0.2) is 0 Å². The summed E-state index contributed by atoms with van der Waals surface area (Å²) in [5.74, 6) is 0.00482. The Balaban J connectivity index is 2.30. The number of carbonyl (C=O) groups is 1. The van der Waals surface area contributed by atoms with Crippen LogP contribution in [0.5, 0.6) is 0 Å². The molecule has 0 fully saturated rings. The molecule has 0 saturated carbocycles. The Bertz CT molecular complexity index is 671. The van der Waals surface area contributed by atoms with E-state index in [0.29, 0.717) is 11.4 Å². The van der Waals surface area contributed by atoms with Crippen LogP contribution in [0.1, 0.15) is 21.6 Å². The van der Waals surface area contributed by atoms with Crippen LogP contribution in [0.2, 0.25) is 0 Å². The molecule has 0 aliphatic rings. The van der Waals surface area contributed by atoms with Crippen molar-refractivity contribution < 1.29 is 9.72 Å². The maximum atomic E-state index is 12.1. The molecule has 0 unspecified atom stereocenters. The van der Waals surface area contributed by atoms with Crippen molar-refractivity contribution in [3.8, 4) is 0 Å². The van der Waals surface area contributed by atoms with Crippen molar-refractivity contribution in [1.82, 2.24) is 9.78 Å². The fourth-order valence-electron chi connectivity index (χ4n) is 1.87. The minimum absolute atomic E-state index is 0.0742. The molecular formula is C13H14N4O3. The second kappa shape index (κ2) is 5.12. The van der Waals surface area contributed by atoms with Crippen LogP contribution in [0.15, 0.2) is 24.3 Å². The summed E-state index contributed by atoms with van der Waals surface area (Å²) in [5, 5.41) is 17.6. The molecule has 1 heterocycles. The predicted molar refractivity (Wildman–Crippen MR) is 73.7 cm³/mol. The van der Waals surface area contributed by atoms with E-state index in [1.165, 1.54) is 12.1 Å². The monoisotopic (exact) mass is 274 g/mol. The predicted octanol–water partition coefficient (Wildman–Crippen LogP) is 2.20. The molecular weight excluding hydrogens is 260 g/mol. The van der Waals surface area contributed by atoms with Crippen LogP contribution < -0.4 is 5.32 Å². The smallest absolute Gasteiger partial charge is 0.273 e. The Morgan fingerprint density at radius 1 is 1.40 bits per heavy atom. The fourth-order valence-corrected chi connectivity index (χ4v) is 1.87. The number of rotatable bonds is 3. The summed E-state index contributed by atoms with van der Waals surface area (Å²) < 4.78 is 1.63. The van der Waals surface area contributed by atoms with Crippen molar-refractivity contribution in [2.24, 2.45) is 7.05 Å². The van der Waals surface area contributed by atoms with E-state index in [1.807, 2.05) is 6.92 Å². The third kappa shape index (κ3) is 2.51. The van der Waals surface area contributed by atoms with Gasteiger partial charge >= 0.3 is 0 Å². The number of nitrogens with zero attached hydrogens (tertiary/aromatic N) is 3. The SMILES string of the molecule is Cc1c(C(=O)Nc2cc(C)n(C)n2)cccc1[N+](=O)[O-]. The number of nitro benzene ring substituents is 1. The molecule has 7 heteroatoms. The maximum Gasteiger partial charge on any atom is 0.273 e. The van der Waals surface area contributed by atoms with Crippen molar-refractivity contribution in [3.63, 3.8) is 0 Å². The lowest BCUT2D eigenvalue weighted by Crippen LogP contribution is -2.14. The van der Waals surface area contributed by atoms with Crippen LogP contribution in [0.4, 0.5) is 11.5 Å². The van der Waals surface area contributed by atoms with Crippen LogP contribution in [-0.2, 0) is 7.05 Å². The van der Waals surface area contributed by atoms with Crippen molar-refractivity contribution in [2.45, 2.75) is 13.8 Å². The summed E-state index contributed by atoms with van der Waals surface area (Å²) in [7, 11) is 1.77. The van der Waals surface area contributed by atoms with Gasteiger partial charge in [-0.1, -0.05) is 6.07 Å². The average molecular weight is 274 g/mol. The maximum absolute atomic E-state index is 12.1. The van der Waals surface area contributed by atoms with E-state index in [2.05, 4.69) is 10.4 Å². The van der Waals surface area contributed by atoms with Gasteiger partial charge in [-0.05, 0) is 19.9 Å². The van der Waals surface area contributed by atoms with E-state index in [0.717, 1.165) is 5.69 Å². The quantitative estimate of drug-likeness (QED) is 0.686. The average Bonchev–Trinajstić information content (AvgIpc) is 2.67. The highest BCUT2D eigenvalue weighted by molar-refractivity contribution is 6.05. The zero-order chi connectivity index (χ0) is 14.9. The lowest BCUT2D eigenvalue weighted by atomic mass is 10.1. The first-order valence-corrected chi connectivity index (χ1v) is 5.96. The molecule has 1 amide bonds. The van der Waals surface area contributed by atoms with Crippen molar-refractivity contribution in [1.29, 1.82) is 0 Å². The van der Waals surface area contributed by atoms with Crippen LogP contribution in [-0.4, -0.2) is 20.6 Å². The number of hydrogen-bond acceptors (Lipinski definition) is 4. The van der Waals surface area contributed by atoms with Gasteiger partial charge in [-0.15, -0.1) is 0 Å². The Morgan fingerprint density at radius 3 is 2.65 bits per heavy atom. The molecule has 1 N–H and O–H groups in total. The van der Waals surface area contributed by atoms with E-state index >= 15 is 0 Å². The van der Waals surface area contributed by atoms with Crippen molar-refractivity contribution in [2.75, 3.05) is 5.32 Å². The molecule has 0 saturated heterocycles. The number of nitrogens with one attached hydrogen (secondary N) is 1. The van der Waals surface area contributed by atoms with Crippen LogP contribution in [0.3, 0.4) is 0 Å². The van der Waals surface area contributed by atoms with E-state index in [4.69, 9.17) is 0 Å². The van der Waals surface area contributed by atoms with Gasteiger partial charge in [-0.3, -0.25) is 19.6 Å². The van der Waals surface area contributed by atoms with Gasteiger partial charge in [-0.2, -0.15) is 5.10 Å². The van der Waals surface area contributed by atoms with E-state index in [1.54, 1.807) is 30.8 Å². The molecule has 2 rings (SSSR count). The molecule has 0 radical (unpaired) electrons. The number of nitro groups is 1. The van der Waals surface area contributed by atoms with Gasteiger partial charge in [0, 0.05) is 36.0 Å². The summed E-state index contributed by atoms with van der Waals surface area (Å²) in [6.07, 6.45) is 0. The zero-order valence-corrected chi connectivity index (χ0v) is 11.4. The summed E-state index contributed by atoms with van der Waals surface area (Å²) in [6.45, 7) is 3.41. The highest BCUT2D eigenvalue weighted by Gasteiger charge is 2.18. The first-order valence-electron chi connectivity index (χ1n) is 5.96. The number of hydrogen-bond donors (Lipinski definition) is 1. The van der Waals surface area contributed by atoms with Crippen LogP contribution in [0, 0.1) is 24.0 Å². The number of aromatic nitrogens is 2. The largest absolute Gasteiger partial charge is 0.305 e. The topological polar surface area (TPSA) is 90.1 Å². The van der Waals surface area contributed by atoms with Gasteiger partial charge in [0.1, 0.15) is 0 Å². The normalized spacial score (nSPS) is 10.3. The van der Waals surface area contributed by atoms with Crippen LogP contribution >= 0.6 is 0 Å². The minimum atomic E-state index is -0.503. The molecule has 2 aromatic rings. The second-order valence-electron chi connectivity index (χ2n) is 4.46. The molecule has 1 aromatic heterocycles. The van der Waals surface area contributed by atoms with Crippen LogP contribution in [0.25, 0.3) is 0 Å². The number of anilines is 1. The van der Waals surface area contributed by atoms with E-state index in [-0.39, 0.29) is 11.3 Å². The first-order chi connectivity index (χ1) is 9.40. The highest BCUT2D eigenvalue weighted by atomic mass is 16.6. The fraction of sp³-hybridized carbons (Fsp3) is 0.231. The zero-order valence-electron chi connectivity index (χ0n) is 11.4. The third-order valence-electron chi connectivity index (χ3n) is 3.10.